The zero-order valence-corrected chi connectivity index (χ0v) is 11.5. The summed E-state index contributed by atoms with van der Waals surface area (Å²) in [7, 11) is 0. The van der Waals surface area contributed by atoms with Gasteiger partial charge in [0.2, 0.25) is 0 Å². The minimum atomic E-state index is 0.808. The average molecular weight is 236 g/mol. The predicted molar refractivity (Wildman–Crippen MR) is 72.2 cm³/mol. The van der Waals surface area contributed by atoms with Gasteiger partial charge < -0.3 is 5.32 Å². The topological polar surface area (TPSA) is 15.3 Å². The van der Waals surface area contributed by atoms with Crippen molar-refractivity contribution in [1.82, 2.24) is 10.2 Å². The van der Waals surface area contributed by atoms with Crippen molar-refractivity contribution in [2.45, 2.75) is 83.0 Å². The molecule has 3 atom stereocenters. The molecule has 0 aromatic rings. The van der Waals surface area contributed by atoms with E-state index >= 15 is 0 Å². The van der Waals surface area contributed by atoms with Crippen molar-refractivity contribution in [3.63, 3.8) is 0 Å². The van der Waals surface area contributed by atoms with E-state index in [1.54, 1.807) is 0 Å². The van der Waals surface area contributed by atoms with Crippen LogP contribution in [-0.4, -0.2) is 35.6 Å². The number of fused-ring (bicyclic) bond motifs is 2. The number of nitrogens with one attached hydrogen (secondary N) is 1. The highest BCUT2D eigenvalue weighted by Crippen LogP contribution is 2.42. The van der Waals surface area contributed by atoms with E-state index in [-0.39, 0.29) is 0 Å². The van der Waals surface area contributed by atoms with Gasteiger partial charge in [0.1, 0.15) is 0 Å². The van der Waals surface area contributed by atoms with Crippen LogP contribution < -0.4 is 5.32 Å². The Bertz CT molecular complexity index is 248. The van der Waals surface area contributed by atoms with Crippen molar-refractivity contribution in [3.8, 4) is 0 Å². The summed E-state index contributed by atoms with van der Waals surface area (Å²) in [4.78, 5) is 2.91. The lowest BCUT2D eigenvalue weighted by molar-refractivity contribution is 0.0280. The van der Waals surface area contributed by atoms with E-state index in [0.29, 0.717) is 0 Å². The van der Waals surface area contributed by atoms with Crippen LogP contribution in [0.4, 0.5) is 0 Å². The molecule has 3 aliphatic rings. The van der Waals surface area contributed by atoms with Crippen LogP contribution in [0.2, 0.25) is 0 Å². The van der Waals surface area contributed by atoms with Crippen LogP contribution in [-0.2, 0) is 0 Å². The Morgan fingerprint density at radius 3 is 2.24 bits per heavy atom. The number of piperidine rings is 1. The first kappa shape index (κ1) is 12.0. The van der Waals surface area contributed by atoms with Gasteiger partial charge in [0.15, 0.2) is 0 Å². The molecule has 2 aliphatic heterocycles. The normalized spacial score (nSPS) is 40.2. The molecule has 0 radical (unpaired) electrons. The van der Waals surface area contributed by atoms with E-state index in [9.17, 15) is 0 Å². The molecule has 2 saturated heterocycles. The molecule has 3 unspecified atom stereocenters. The highest BCUT2D eigenvalue weighted by atomic mass is 15.3. The van der Waals surface area contributed by atoms with E-state index in [1.807, 2.05) is 0 Å². The highest BCUT2D eigenvalue weighted by Gasteiger charge is 2.44. The Hall–Kier alpha value is -0.0800. The van der Waals surface area contributed by atoms with E-state index in [4.69, 9.17) is 0 Å². The summed E-state index contributed by atoms with van der Waals surface area (Å²) in [6.45, 7) is 5.89. The van der Waals surface area contributed by atoms with E-state index < -0.39 is 0 Å². The number of rotatable bonds is 4. The van der Waals surface area contributed by atoms with Crippen molar-refractivity contribution in [2.75, 3.05) is 6.54 Å². The maximum absolute atomic E-state index is 3.68. The minimum absolute atomic E-state index is 0.808. The fourth-order valence-electron chi connectivity index (χ4n) is 4.50. The second-order valence-electron chi connectivity index (χ2n) is 6.49. The Morgan fingerprint density at radius 2 is 1.76 bits per heavy atom. The fraction of sp³-hybridized carbons (Fsp3) is 1.00. The number of hydrogen-bond acceptors (Lipinski definition) is 2. The van der Waals surface area contributed by atoms with Gasteiger partial charge in [-0.2, -0.15) is 0 Å². The van der Waals surface area contributed by atoms with Gasteiger partial charge in [-0.25, -0.2) is 0 Å². The van der Waals surface area contributed by atoms with Crippen molar-refractivity contribution < 1.29 is 0 Å². The summed E-state index contributed by atoms with van der Waals surface area (Å²) in [6.07, 6.45) is 10.2. The van der Waals surface area contributed by atoms with Crippen LogP contribution in [0.25, 0.3) is 0 Å². The van der Waals surface area contributed by atoms with Gasteiger partial charge in [0, 0.05) is 24.2 Å². The number of hydrogen-bond donors (Lipinski definition) is 1. The van der Waals surface area contributed by atoms with Crippen LogP contribution in [0.3, 0.4) is 0 Å². The second kappa shape index (κ2) is 4.89. The quantitative estimate of drug-likeness (QED) is 0.807. The molecule has 1 aliphatic carbocycles. The monoisotopic (exact) mass is 236 g/mol. The third-order valence-corrected chi connectivity index (χ3v) is 5.58. The van der Waals surface area contributed by atoms with E-state index in [1.165, 1.54) is 44.9 Å². The number of nitrogens with zero attached hydrogens (tertiary/aromatic N) is 1. The van der Waals surface area contributed by atoms with E-state index in [0.717, 1.165) is 36.6 Å². The molecule has 1 saturated carbocycles. The van der Waals surface area contributed by atoms with Crippen molar-refractivity contribution in [2.24, 2.45) is 5.92 Å². The SMILES string of the molecule is CCNC1CC2CCC(C1)N2C(C)C1CCC1. The van der Waals surface area contributed by atoms with Gasteiger partial charge in [0.05, 0.1) is 0 Å². The third-order valence-electron chi connectivity index (χ3n) is 5.58. The molecule has 0 amide bonds. The maximum Gasteiger partial charge on any atom is 0.0116 e. The molecule has 0 spiro atoms. The molecule has 2 heterocycles. The van der Waals surface area contributed by atoms with Crippen LogP contribution >= 0.6 is 0 Å². The summed E-state index contributed by atoms with van der Waals surface area (Å²) in [6, 6.07) is 3.47. The molecule has 3 rings (SSSR count). The smallest absolute Gasteiger partial charge is 0.0116 e. The van der Waals surface area contributed by atoms with Crippen LogP contribution in [0.5, 0.6) is 0 Å². The summed E-state index contributed by atoms with van der Waals surface area (Å²) in [5.74, 6) is 1.02. The molecule has 17 heavy (non-hydrogen) atoms. The molecule has 2 heteroatoms. The first-order valence-corrected chi connectivity index (χ1v) is 7.80. The first-order valence-electron chi connectivity index (χ1n) is 7.80. The maximum atomic E-state index is 3.68. The van der Waals surface area contributed by atoms with Gasteiger partial charge in [-0.1, -0.05) is 13.3 Å². The molecule has 98 valence electrons. The largest absolute Gasteiger partial charge is 0.314 e. The Labute approximate surface area is 106 Å². The Balaban J connectivity index is 1.63. The first-order chi connectivity index (χ1) is 8.29. The van der Waals surface area contributed by atoms with Gasteiger partial charge in [-0.05, 0) is 57.9 Å². The molecule has 3 fully saturated rings. The molecule has 0 aromatic carbocycles. The van der Waals surface area contributed by atoms with Gasteiger partial charge in [0.25, 0.3) is 0 Å². The lowest BCUT2D eigenvalue weighted by Crippen LogP contribution is -2.54. The Kier molecular flexibility index (Phi) is 3.45. The molecule has 0 aromatic heterocycles. The third kappa shape index (κ3) is 2.15. The van der Waals surface area contributed by atoms with Crippen LogP contribution in [0.1, 0.15) is 58.8 Å². The molecule has 1 N–H and O–H groups in total. The van der Waals surface area contributed by atoms with Crippen LogP contribution in [0, 0.1) is 5.92 Å². The van der Waals surface area contributed by atoms with Gasteiger partial charge in [-0.3, -0.25) is 4.90 Å². The molecular formula is C15H28N2. The van der Waals surface area contributed by atoms with Gasteiger partial charge >= 0.3 is 0 Å². The zero-order chi connectivity index (χ0) is 11.8. The highest BCUT2D eigenvalue weighted by molar-refractivity contribution is 5.01. The summed E-state index contributed by atoms with van der Waals surface area (Å²) >= 11 is 0. The lowest BCUT2D eigenvalue weighted by atomic mass is 9.78. The summed E-state index contributed by atoms with van der Waals surface area (Å²) in [5, 5.41) is 3.68. The average Bonchev–Trinajstić information content (AvgIpc) is 2.49. The van der Waals surface area contributed by atoms with Crippen molar-refractivity contribution in [1.29, 1.82) is 0 Å². The zero-order valence-electron chi connectivity index (χ0n) is 11.5. The Morgan fingerprint density at radius 1 is 1.12 bits per heavy atom. The fourth-order valence-corrected chi connectivity index (χ4v) is 4.50. The van der Waals surface area contributed by atoms with Crippen molar-refractivity contribution in [3.05, 3.63) is 0 Å². The molecule has 2 bridgehead atoms. The van der Waals surface area contributed by atoms with Crippen LogP contribution in [0.15, 0.2) is 0 Å². The standard InChI is InChI=1S/C15H28N2/c1-3-16-13-9-14-7-8-15(10-13)17(14)11(2)12-5-4-6-12/h11-16H,3-10H2,1-2H3. The van der Waals surface area contributed by atoms with Gasteiger partial charge in [-0.15, -0.1) is 0 Å². The lowest BCUT2D eigenvalue weighted by Gasteiger charge is -2.47. The second-order valence-corrected chi connectivity index (χ2v) is 6.49. The summed E-state index contributed by atoms with van der Waals surface area (Å²) in [5.41, 5.74) is 0. The predicted octanol–water partition coefficient (Wildman–Crippen LogP) is 2.78. The molecule has 2 nitrogen and oxygen atoms in total. The minimum Gasteiger partial charge on any atom is -0.314 e. The van der Waals surface area contributed by atoms with E-state index in [2.05, 4.69) is 24.1 Å². The molecular weight excluding hydrogens is 208 g/mol. The van der Waals surface area contributed by atoms with Crippen molar-refractivity contribution >= 4 is 0 Å². The summed E-state index contributed by atoms with van der Waals surface area (Å²) < 4.78 is 0.